The van der Waals surface area contributed by atoms with Crippen molar-refractivity contribution in [2.24, 2.45) is 0 Å². The number of benzene rings is 1. The molecular weight excluding hydrogens is 344 g/mol. The fourth-order valence-corrected chi connectivity index (χ4v) is 3.95. The summed E-state index contributed by atoms with van der Waals surface area (Å²) in [7, 11) is -1.88. The summed E-state index contributed by atoms with van der Waals surface area (Å²) < 4.78 is 17.7. The van der Waals surface area contributed by atoms with Crippen LogP contribution >= 0.6 is 0 Å². The van der Waals surface area contributed by atoms with E-state index in [2.05, 4.69) is 33.9 Å². The highest BCUT2D eigenvalue weighted by molar-refractivity contribution is 6.74. The fourth-order valence-electron chi connectivity index (χ4n) is 2.59. The molecule has 1 saturated heterocycles. The van der Waals surface area contributed by atoms with E-state index in [4.69, 9.17) is 13.9 Å². The molecule has 0 N–H and O–H groups in total. The van der Waals surface area contributed by atoms with Crippen LogP contribution in [0.25, 0.3) is 0 Å². The van der Waals surface area contributed by atoms with E-state index in [0.717, 1.165) is 18.4 Å². The van der Waals surface area contributed by atoms with Crippen LogP contribution in [0.5, 0.6) is 0 Å². The van der Waals surface area contributed by atoms with E-state index in [1.807, 2.05) is 30.3 Å². The molecule has 4 nitrogen and oxygen atoms in total. The van der Waals surface area contributed by atoms with Gasteiger partial charge < -0.3 is 13.9 Å². The van der Waals surface area contributed by atoms with Gasteiger partial charge in [0, 0.05) is 12.7 Å². The van der Waals surface area contributed by atoms with Crippen LogP contribution < -0.4 is 0 Å². The second kappa shape index (κ2) is 8.98. The van der Waals surface area contributed by atoms with E-state index in [0.29, 0.717) is 6.61 Å². The van der Waals surface area contributed by atoms with E-state index >= 15 is 0 Å². The predicted octanol–water partition coefficient (Wildman–Crippen LogP) is 4.86. The molecule has 1 aromatic rings. The molecule has 1 aliphatic heterocycles. The lowest BCUT2D eigenvalue weighted by atomic mass is 10.1. The number of carbonyl (C=O) groups excluding carboxylic acids is 1. The fraction of sp³-hybridized carbons (Fsp3) is 0.571. The van der Waals surface area contributed by atoms with Gasteiger partial charge in [-0.3, -0.25) is 0 Å². The monoisotopic (exact) mass is 376 g/mol. The molecule has 2 atom stereocenters. The Balaban J connectivity index is 1.92. The summed E-state index contributed by atoms with van der Waals surface area (Å²) in [6.07, 6.45) is 5.03. The van der Waals surface area contributed by atoms with Gasteiger partial charge in [-0.15, -0.1) is 0 Å². The summed E-state index contributed by atoms with van der Waals surface area (Å²) in [6.45, 7) is 12.2. The summed E-state index contributed by atoms with van der Waals surface area (Å²) in [5.74, 6) is -0.353. The summed E-state index contributed by atoms with van der Waals surface area (Å²) in [4.78, 5) is 12.0. The molecule has 1 fully saturated rings. The Morgan fingerprint density at radius 1 is 1.27 bits per heavy atom. The molecule has 0 bridgehead atoms. The van der Waals surface area contributed by atoms with E-state index in [9.17, 15) is 4.79 Å². The Labute approximate surface area is 158 Å². The van der Waals surface area contributed by atoms with Crippen LogP contribution in [0.15, 0.2) is 42.5 Å². The third kappa shape index (κ3) is 6.08. The summed E-state index contributed by atoms with van der Waals surface area (Å²) in [6, 6.07) is 9.66. The third-order valence-electron chi connectivity index (χ3n) is 5.21. The van der Waals surface area contributed by atoms with Gasteiger partial charge >= 0.3 is 5.97 Å². The van der Waals surface area contributed by atoms with E-state index in [1.165, 1.54) is 6.08 Å². The maximum Gasteiger partial charge on any atom is 0.330 e. The van der Waals surface area contributed by atoms with Crippen LogP contribution in [-0.4, -0.2) is 33.1 Å². The van der Waals surface area contributed by atoms with Crippen LogP contribution in [-0.2, 0) is 25.3 Å². The Bertz CT molecular complexity index is 604. The maximum atomic E-state index is 12.0. The zero-order valence-electron chi connectivity index (χ0n) is 16.7. The lowest BCUT2D eigenvalue weighted by Gasteiger charge is -2.42. The Morgan fingerprint density at radius 3 is 2.62 bits per heavy atom. The smallest absolute Gasteiger partial charge is 0.330 e. The van der Waals surface area contributed by atoms with E-state index < -0.39 is 8.32 Å². The average molecular weight is 377 g/mol. The molecule has 0 spiro atoms. The van der Waals surface area contributed by atoms with E-state index in [-0.39, 0.29) is 29.8 Å². The van der Waals surface area contributed by atoms with Crippen molar-refractivity contribution in [2.75, 3.05) is 6.61 Å². The number of carbonyl (C=O) groups is 1. The van der Waals surface area contributed by atoms with Crippen LogP contribution in [0.1, 0.15) is 39.2 Å². The number of rotatable bonds is 6. The highest BCUT2D eigenvalue weighted by atomic mass is 28.4. The van der Waals surface area contributed by atoms with Gasteiger partial charge in [0.05, 0.1) is 6.10 Å². The van der Waals surface area contributed by atoms with Crippen LogP contribution in [0, 0.1) is 0 Å². The van der Waals surface area contributed by atoms with Crippen molar-refractivity contribution in [1.29, 1.82) is 0 Å². The van der Waals surface area contributed by atoms with Crippen LogP contribution in [0.3, 0.4) is 0 Å². The molecule has 0 radical (unpaired) electrons. The molecule has 0 aliphatic carbocycles. The number of ether oxygens (including phenoxy) is 2. The molecule has 0 saturated carbocycles. The van der Waals surface area contributed by atoms with Crippen LogP contribution in [0.4, 0.5) is 0 Å². The van der Waals surface area contributed by atoms with Crippen LogP contribution in [0.2, 0.25) is 18.1 Å². The second-order valence-electron chi connectivity index (χ2n) is 8.35. The van der Waals surface area contributed by atoms with Crippen molar-refractivity contribution in [3.05, 3.63) is 48.0 Å². The predicted molar refractivity (Wildman–Crippen MR) is 106 cm³/mol. The molecule has 2 rings (SSSR count). The summed E-state index contributed by atoms with van der Waals surface area (Å²) >= 11 is 0. The highest BCUT2D eigenvalue weighted by Crippen LogP contribution is 2.38. The Morgan fingerprint density at radius 2 is 1.96 bits per heavy atom. The lowest BCUT2D eigenvalue weighted by molar-refractivity contribution is -0.139. The quantitative estimate of drug-likeness (QED) is 0.404. The van der Waals surface area contributed by atoms with Crippen molar-refractivity contribution < 1.29 is 18.7 Å². The first kappa shape index (κ1) is 20.9. The van der Waals surface area contributed by atoms with Gasteiger partial charge in [-0.25, -0.2) is 4.79 Å². The van der Waals surface area contributed by atoms with Crippen molar-refractivity contribution in [3.8, 4) is 0 Å². The molecule has 26 heavy (non-hydrogen) atoms. The van der Waals surface area contributed by atoms with Gasteiger partial charge in [-0.1, -0.05) is 51.1 Å². The second-order valence-corrected chi connectivity index (χ2v) is 13.1. The van der Waals surface area contributed by atoms with Crippen molar-refractivity contribution in [1.82, 2.24) is 0 Å². The molecule has 0 amide bonds. The Kier molecular flexibility index (Phi) is 7.21. The zero-order chi connectivity index (χ0) is 19.2. The minimum Gasteiger partial charge on any atom is -0.458 e. The highest BCUT2D eigenvalue weighted by Gasteiger charge is 2.41. The van der Waals surface area contributed by atoms with E-state index in [1.54, 1.807) is 6.08 Å². The minimum atomic E-state index is -1.88. The molecule has 1 heterocycles. The van der Waals surface area contributed by atoms with Crippen molar-refractivity contribution in [2.45, 2.75) is 70.6 Å². The van der Waals surface area contributed by atoms with Gasteiger partial charge in [-0.05, 0) is 42.6 Å². The first-order valence-corrected chi connectivity index (χ1v) is 12.3. The van der Waals surface area contributed by atoms with Gasteiger partial charge in [0.25, 0.3) is 0 Å². The van der Waals surface area contributed by atoms with Crippen molar-refractivity contribution >= 4 is 14.3 Å². The average Bonchev–Trinajstić information content (AvgIpc) is 2.59. The number of esters is 1. The molecule has 0 aromatic heterocycles. The molecule has 1 aliphatic rings. The molecule has 1 aromatic carbocycles. The number of hydrogen-bond acceptors (Lipinski definition) is 4. The number of hydrogen-bond donors (Lipinski definition) is 0. The third-order valence-corrected chi connectivity index (χ3v) is 9.71. The van der Waals surface area contributed by atoms with Gasteiger partial charge in [-0.2, -0.15) is 0 Å². The van der Waals surface area contributed by atoms with Gasteiger partial charge in [0.15, 0.2) is 8.32 Å². The molecule has 5 heteroatoms. The lowest BCUT2D eigenvalue weighted by Crippen LogP contribution is -2.48. The standard InChI is InChI=1S/C21H32O4Si/c1-21(2,3)26(4,5)25-19-12-9-15-23-18(19)13-14-20(22)24-16-17-10-7-6-8-11-17/h6-8,10-11,13-14,18-19H,9,12,15-16H2,1-5H3/b14-13-/t18-,19-/m1/s1. The normalized spacial score (nSPS) is 21.7. The molecule has 144 valence electrons. The Hall–Kier alpha value is -1.43. The SMILES string of the molecule is CC(C)(C)[Si](C)(C)O[C@@H]1CCCO[C@@H]1/C=C\C(=O)OCc1ccccc1. The summed E-state index contributed by atoms with van der Waals surface area (Å²) in [5.41, 5.74) is 0.974. The molecule has 0 unspecified atom stereocenters. The first-order valence-electron chi connectivity index (χ1n) is 9.37. The zero-order valence-corrected chi connectivity index (χ0v) is 17.7. The van der Waals surface area contributed by atoms with Crippen molar-refractivity contribution in [3.63, 3.8) is 0 Å². The van der Waals surface area contributed by atoms with Gasteiger partial charge in [0.2, 0.25) is 0 Å². The largest absolute Gasteiger partial charge is 0.458 e. The summed E-state index contributed by atoms with van der Waals surface area (Å²) in [5, 5.41) is 0.146. The maximum absolute atomic E-state index is 12.0. The molecular formula is C21H32O4Si. The minimum absolute atomic E-state index is 0.00261. The van der Waals surface area contributed by atoms with Gasteiger partial charge in [0.1, 0.15) is 12.7 Å². The topological polar surface area (TPSA) is 44.8 Å². The first-order chi connectivity index (χ1) is 12.2.